The molecular formula is C12H9BrClN3O2S. The van der Waals surface area contributed by atoms with Crippen molar-refractivity contribution in [2.45, 2.75) is 0 Å². The molecule has 0 bridgehead atoms. The van der Waals surface area contributed by atoms with Gasteiger partial charge < -0.3 is 16.3 Å². The second-order valence-electron chi connectivity index (χ2n) is 3.77. The molecule has 0 saturated heterocycles. The molecule has 1 amide bonds. The molecule has 0 aliphatic rings. The molecule has 4 N–H and O–H groups in total. The van der Waals surface area contributed by atoms with Gasteiger partial charge in [0.05, 0.1) is 20.1 Å². The molecule has 0 unspecified atom stereocenters. The molecule has 0 atom stereocenters. The van der Waals surface area contributed by atoms with Crippen LogP contribution in [0.25, 0.3) is 0 Å². The van der Waals surface area contributed by atoms with Crippen LogP contribution in [0.2, 0.25) is 5.02 Å². The zero-order valence-electron chi connectivity index (χ0n) is 9.93. The van der Waals surface area contributed by atoms with E-state index in [1.54, 1.807) is 23.6 Å². The predicted octanol–water partition coefficient (Wildman–Crippen LogP) is 3.51. The average molecular weight is 375 g/mol. The van der Waals surface area contributed by atoms with Crippen LogP contribution in [0.15, 0.2) is 38.6 Å². The summed E-state index contributed by atoms with van der Waals surface area (Å²) in [5.41, 5.74) is 6.87. The van der Waals surface area contributed by atoms with E-state index in [-0.39, 0.29) is 11.7 Å². The second kappa shape index (κ2) is 6.25. The van der Waals surface area contributed by atoms with E-state index < -0.39 is 0 Å². The van der Waals surface area contributed by atoms with Gasteiger partial charge in [-0.1, -0.05) is 16.8 Å². The van der Waals surface area contributed by atoms with Crippen molar-refractivity contribution in [1.82, 2.24) is 0 Å². The third-order valence-corrected chi connectivity index (χ3v) is 4.28. The van der Waals surface area contributed by atoms with E-state index in [4.69, 9.17) is 22.5 Å². The minimum absolute atomic E-state index is 0.0598. The molecule has 1 heterocycles. The largest absolute Gasteiger partial charge is 0.409 e. The Labute approximate surface area is 132 Å². The van der Waals surface area contributed by atoms with Gasteiger partial charge in [-0.15, -0.1) is 11.3 Å². The highest BCUT2D eigenvalue weighted by Crippen LogP contribution is 2.25. The third-order valence-electron chi connectivity index (χ3n) is 2.45. The highest BCUT2D eigenvalue weighted by atomic mass is 79.9. The summed E-state index contributed by atoms with van der Waals surface area (Å²) >= 11 is 10.7. The fourth-order valence-corrected chi connectivity index (χ4v) is 2.76. The van der Waals surface area contributed by atoms with Crippen molar-refractivity contribution in [3.8, 4) is 0 Å². The van der Waals surface area contributed by atoms with Crippen LogP contribution in [0.3, 0.4) is 0 Å². The Morgan fingerprint density at radius 3 is 2.75 bits per heavy atom. The van der Waals surface area contributed by atoms with Crippen LogP contribution in [0.4, 0.5) is 5.69 Å². The Morgan fingerprint density at radius 2 is 2.15 bits per heavy atom. The van der Waals surface area contributed by atoms with Gasteiger partial charge in [-0.05, 0) is 40.2 Å². The van der Waals surface area contributed by atoms with Crippen LogP contribution in [0.5, 0.6) is 0 Å². The van der Waals surface area contributed by atoms with Gasteiger partial charge in [0.15, 0.2) is 5.84 Å². The topological polar surface area (TPSA) is 87.7 Å². The van der Waals surface area contributed by atoms with Crippen LogP contribution in [-0.4, -0.2) is 17.0 Å². The van der Waals surface area contributed by atoms with Crippen molar-refractivity contribution in [3.05, 3.63) is 49.6 Å². The van der Waals surface area contributed by atoms with E-state index in [2.05, 4.69) is 26.4 Å². The SMILES string of the molecule is N/C(=N/O)c1ccc(Cl)c(NC(=O)c2csc(Br)c2)c1. The lowest BCUT2D eigenvalue weighted by molar-refractivity contribution is 0.102. The van der Waals surface area contributed by atoms with E-state index in [9.17, 15) is 4.79 Å². The number of hydrogen-bond acceptors (Lipinski definition) is 4. The maximum atomic E-state index is 12.0. The van der Waals surface area contributed by atoms with E-state index in [0.29, 0.717) is 21.8 Å². The van der Waals surface area contributed by atoms with Gasteiger partial charge in [-0.2, -0.15) is 0 Å². The quantitative estimate of drug-likeness (QED) is 0.332. The number of carbonyl (C=O) groups excluding carboxylic acids is 1. The zero-order chi connectivity index (χ0) is 14.7. The summed E-state index contributed by atoms with van der Waals surface area (Å²) in [4.78, 5) is 12.0. The molecule has 0 fully saturated rings. The monoisotopic (exact) mass is 373 g/mol. The summed E-state index contributed by atoms with van der Waals surface area (Å²) in [6.07, 6.45) is 0. The molecule has 2 rings (SSSR count). The van der Waals surface area contributed by atoms with Crippen molar-refractivity contribution in [2.24, 2.45) is 10.9 Å². The third kappa shape index (κ3) is 3.30. The van der Waals surface area contributed by atoms with Gasteiger partial charge in [-0.3, -0.25) is 4.79 Å². The lowest BCUT2D eigenvalue weighted by Gasteiger charge is -2.08. The van der Waals surface area contributed by atoms with Gasteiger partial charge in [0, 0.05) is 10.9 Å². The van der Waals surface area contributed by atoms with E-state index in [0.717, 1.165) is 3.79 Å². The number of carbonyl (C=O) groups is 1. The van der Waals surface area contributed by atoms with Gasteiger partial charge in [0.2, 0.25) is 0 Å². The molecule has 1 aromatic carbocycles. The summed E-state index contributed by atoms with van der Waals surface area (Å²) in [5, 5.41) is 16.3. The Morgan fingerprint density at radius 1 is 1.40 bits per heavy atom. The minimum atomic E-state index is -0.287. The highest BCUT2D eigenvalue weighted by Gasteiger charge is 2.11. The van der Waals surface area contributed by atoms with E-state index in [1.807, 2.05) is 0 Å². The lowest BCUT2D eigenvalue weighted by atomic mass is 10.2. The fourth-order valence-electron chi connectivity index (χ4n) is 1.46. The number of halogens is 2. The van der Waals surface area contributed by atoms with Crippen molar-refractivity contribution in [2.75, 3.05) is 5.32 Å². The molecule has 0 aliphatic heterocycles. The molecule has 0 aliphatic carbocycles. The molecule has 1 aromatic heterocycles. The fraction of sp³-hybridized carbons (Fsp3) is 0. The van der Waals surface area contributed by atoms with Crippen LogP contribution in [-0.2, 0) is 0 Å². The number of nitrogens with zero attached hydrogens (tertiary/aromatic N) is 1. The standard InChI is InChI=1S/C12H9BrClN3O2S/c13-10-4-7(5-20-10)12(18)16-9-3-6(11(15)17-19)1-2-8(9)14/h1-5,19H,(H2,15,17)(H,16,18). The number of nitrogens with two attached hydrogens (primary N) is 1. The first-order valence-corrected chi connectivity index (χ1v) is 7.39. The first-order valence-electron chi connectivity index (χ1n) is 5.34. The van der Waals surface area contributed by atoms with Gasteiger partial charge >= 0.3 is 0 Å². The zero-order valence-corrected chi connectivity index (χ0v) is 13.1. The van der Waals surface area contributed by atoms with Crippen LogP contribution in [0.1, 0.15) is 15.9 Å². The second-order valence-corrected chi connectivity index (χ2v) is 6.47. The van der Waals surface area contributed by atoms with Gasteiger partial charge in [0.1, 0.15) is 0 Å². The summed E-state index contributed by atoms with van der Waals surface area (Å²) in [5.74, 6) is -0.346. The molecule has 0 saturated carbocycles. The van der Waals surface area contributed by atoms with Crippen LogP contribution < -0.4 is 11.1 Å². The summed E-state index contributed by atoms with van der Waals surface area (Å²) in [7, 11) is 0. The average Bonchev–Trinajstić information content (AvgIpc) is 2.87. The van der Waals surface area contributed by atoms with E-state index >= 15 is 0 Å². The maximum Gasteiger partial charge on any atom is 0.256 e. The first kappa shape index (κ1) is 14.8. The number of amidine groups is 1. The molecule has 5 nitrogen and oxygen atoms in total. The van der Waals surface area contributed by atoms with Crippen molar-refractivity contribution < 1.29 is 10.0 Å². The van der Waals surface area contributed by atoms with Gasteiger partial charge in [-0.25, -0.2) is 0 Å². The molecule has 104 valence electrons. The molecule has 8 heteroatoms. The normalized spacial score (nSPS) is 11.4. The summed E-state index contributed by atoms with van der Waals surface area (Å²) < 4.78 is 0.860. The Hall–Kier alpha value is -1.57. The molecule has 20 heavy (non-hydrogen) atoms. The highest BCUT2D eigenvalue weighted by molar-refractivity contribution is 9.11. The first-order chi connectivity index (χ1) is 9.51. The van der Waals surface area contributed by atoms with E-state index in [1.165, 1.54) is 17.4 Å². The van der Waals surface area contributed by atoms with Crippen molar-refractivity contribution in [1.29, 1.82) is 0 Å². The Kier molecular flexibility index (Phi) is 4.64. The number of oxime groups is 1. The van der Waals surface area contributed by atoms with Crippen LogP contribution >= 0.6 is 38.9 Å². The maximum absolute atomic E-state index is 12.0. The molecule has 2 aromatic rings. The number of nitrogens with one attached hydrogen (secondary N) is 1. The number of rotatable bonds is 3. The Balaban J connectivity index is 2.26. The molecular weight excluding hydrogens is 366 g/mol. The molecule has 0 spiro atoms. The lowest BCUT2D eigenvalue weighted by Crippen LogP contribution is -2.15. The number of anilines is 1. The smallest absolute Gasteiger partial charge is 0.256 e. The number of thiophene rings is 1. The minimum Gasteiger partial charge on any atom is -0.409 e. The Bertz CT molecular complexity index is 687. The van der Waals surface area contributed by atoms with Crippen molar-refractivity contribution in [3.63, 3.8) is 0 Å². The summed E-state index contributed by atoms with van der Waals surface area (Å²) in [6, 6.07) is 6.40. The van der Waals surface area contributed by atoms with Crippen LogP contribution in [0, 0.1) is 0 Å². The molecule has 0 radical (unpaired) electrons. The number of benzene rings is 1. The predicted molar refractivity (Wildman–Crippen MR) is 83.9 cm³/mol. The summed E-state index contributed by atoms with van der Waals surface area (Å²) in [6.45, 7) is 0. The number of amides is 1. The van der Waals surface area contributed by atoms with Gasteiger partial charge in [0.25, 0.3) is 5.91 Å². The number of hydrogen-bond donors (Lipinski definition) is 3. The van der Waals surface area contributed by atoms with Crippen molar-refractivity contribution >= 4 is 56.3 Å².